The fourth-order valence-corrected chi connectivity index (χ4v) is 2.37. The number of fused-ring (bicyclic) bond motifs is 1. The quantitative estimate of drug-likeness (QED) is 0.686. The predicted molar refractivity (Wildman–Crippen MR) is 82.4 cm³/mol. The summed E-state index contributed by atoms with van der Waals surface area (Å²) in [6.45, 7) is 2.08. The number of nitro groups is 1. The Labute approximate surface area is 132 Å². The van der Waals surface area contributed by atoms with Gasteiger partial charge in [-0.1, -0.05) is 6.07 Å². The van der Waals surface area contributed by atoms with Crippen molar-refractivity contribution in [3.05, 3.63) is 57.6 Å². The molecule has 23 heavy (non-hydrogen) atoms. The molecule has 1 aliphatic heterocycles. The summed E-state index contributed by atoms with van der Waals surface area (Å²) in [5, 5.41) is 23.1. The standard InChI is InChI=1S/C16H13N3O4/c1-10(12-3-5-15-16(7-12)23-9-22-15)18-13-4-2-11(8-17)6-14(13)19(20)21/h2-7,10,18H,9H2,1H3/t10-/m1/s1. The van der Waals surface area contributed by atoms with Crippen LogP contribution in [-0.2, 0) is 0 Å². The third-order valence-electron chi connectivity index (χ3n) is 3.59. The largest absolute Gasteiger partial charge is 0.454 e. The van der Waals surface area contributed by atoms with Crippen LogP contribution in [0.3, 0.4) is 0 Å². The fourth-order valence-electron chi connectivity index (χ4n) is 2.37. The summed E-state index contributed by atoms with van der Waals surface area (Å²) in [5.74, 6) is 1.34. The van der Waals surface area contributed by atoms with Crippen molar-refractivity contribution in [2.45, 2.75) is 13.0 Å². The first-order valence-corrected chi connectivity index (χ1v) is 6.93. The molecule has 0 saturated carbocycles. The number of nitro benzene ring substituents is 1. The Kier molecular flexibility index (Phi) is 3.73. The van der Waals surface area contributed by atoms with Crippen molar-refractivity contribution in [2.24, 2.45) is 0 Å². The third-order valence-corrected chi connectivity index (χ3v) is 3.59. The molecule has 0 aliphatic carbocycles. The van der Waals surface area contributed by atoms with E-state index in [1.807, 2.05) is 31.2 Å². The first-order chi connectivity index (χ1) is 11.1. The molecule has 0 radical (unpaired) electrons. The van der Waals surface area contributed by atoms with Gasteiger partial charge in [-0.3, -0.25) is 10.1 Å². The minimum Gasteiger partial charge on any atom is -0.454 e. The van der Waals surface area contributed by atoms with Gasteiger partial charge in [0.2, 0.25) is 6.79 Å². The molecule has 7 heteroatoms. The second kappa shape index (κ2) is 5.85. The lowest BCUT2D eigenvalue weighted by molar-refractivity contribution is -0.384. The van der Waals surface area contributed by atoms with Crippen molar-refractivity contribution in [2.75, 3.05) is 12.1 Å². The molecule has 0 spiro atoms. The molecule has 0 amide bonds. The van der Waals surface area contributed by atoms with E-state index in [0.29, 0.717) is 17.2 Å². The van der Waals surface area contributed by atoms with Crippen LogP contribution in [0.2, 0.25) is 0 Å². The highest BCUT2D eigenvalue weighted by atomic mass is 16.7. The first-order valence-electron chi connectivity index (χ1n) is 6.93. The Morgan fingerprint density at radius 2 is 2.04 bits per heavy atom. The van der Waals surface area contributed by atoms with Crippen LogP contribution in [0.25, 0.3) is 0 Å². The monoisotopic (exact) mass is 311 g/mol. The van der Waals surface area contributed by atoms with Gasteiger partial charge in [0.05, 0.1) is 16.6 Å². The molecule has 2 aromatic rings. The molecule has 1 heterocycles. The highest BCUT2D eigenvalue weighted by Crippen LogP contribution is 2.35. The topological polar surface area (TPSA) is 97.4 Å². The van der Waals surface area contributed by atoms with Crippen LogP contribution < -0.4 is 14.8 Å². The van der Waals surface area contributed by atoms with E-state index in [1.54, 1.807) is 12.1 Å². The summed E-state index contributed by atoms with van der Waals surface area (Å²) < 4.78 is 10.6. The Morgan fingerprint density at radius 3 is 2.78 bits per heavy atom. The maximum absolute atomic E-state index is 11.2. The molecule has 1 aliphatic rings. The van der Waals surface area contributed by atoms with E-state index < -0.39 is 4.92 Å². The molecular weight excluding hydrogens is 298 g/mol. The van der Waals surface area contributed by atoms with Gasteiger partial charge >= 0.3 is 0 Å². The lowest BCUT2D eigenvalue weighted by Crippen LogP contribution is -2.08. The van der Waals surface area contributed by atoms with Crippen LogP contribution in [-0.4, -0.2) is 11.7 Å². The molecule has 0 unspecified atom stereocenters. The van der Waals surface area contributed by atoms with Crippen molar-refractivity contribution >= 4 is 11.4 Å². The van der Waals surface area contributed by atoms with Crippen LogP contribution >= 0.6 is 0 Å². The van der Waals surface area contributed by atoms with Gasteiger partial charge in [-0.05, 0) is 36.8 Å². The SMILES string of the molecule is C[C@@H](Nc1ccc(C#N)cc1[N+](=O)[O-])c1ccc2c(c1)OCO2. The maximum atomic E-state index is 11.2. The molecule has 0 bridgehead atoms. The number of benzene rings is 2. The second-order valence-corrected chi connectivity index (χ2v) is 5.08. The van der Waals surface area contributed by atoms with Gasteiger partial charge in [-0.2, -0.15) is 5.26 Å². The zero-order valence-electron chi connectivity index (χ0n) is 12.3. The minimum absolute atomic E-state index is 0.128. The predicted octanol–water partition coefficient (Wildman–Crippen LogP) is 3.37. The zero-order chi connectivity index (χ0) is 16.4. The second-order valence-electron chi connectivity index (χ2n) is 5.08. The molecule has 0 aromatic heterocycles. The van der Waals surface area contributed by atoms with Crippen molar-refractivity contribution in [1.29, 1.82) is 5.26 Å². The van der Waals surface area contributed by atoms with Gasteiger partial charge in [0.15, 0.2) is 11.5 Å². The number of ether oxygens (including phenoxy) is 2. The molecule has 1 N–H and O–H groups in total. The van der Waals surface area contributed by atoms with Gasteiger partial charge < -0.3 is 14.8 Å². The van der Waals surface area contributed by atoms with Crippen LogP contribution in [0.4, 0.5) is 11.4 Å². The highest BCUT2D eigenvalue weighted by molar-refractivity contribution is 5.65. The number of hydrogen-bond donors (Lipinski definition) is 1. The van der Waals surface area contributed by atoms with Crippen molar-refractivity contribution in [1.82, 2.24) is 0 Å². The summed E-state index contributed by atoms with van der Waals surface area (Å²) in [7, 11) is 0. The van der Waals surface area contributed by atoms with Crippen LogP contribution in [0, 0.1) is 21.4 Å². The average molecular weight is 311 g/mol. The Morgan fingerprint density at radius 1 is 1.26 bits per heavy atom. The van der Waals surface area contributed by atoms with E-state index in [4.69, 9.17) is 14.7 Å². The van der Waals surface area contributed by atoms with Gasteiger partial charge in [0, 0.05) is 12.1 Å². The summed E-state index contributed by atoms with van der Waals surface area (Å²) in [5.41, 5.74) is 1.39. The lowest BCUT2D eigenvalue weighted by atomic mass is 10.1. The van der Waals surface area contributed by atoms with E-state index in [0.717, 1.165) is 5.56 Å². The van der Waals surface area contributed by atoms with E-state index >= 15 is 0 Å². The zero-order valence-corrected chi connectivity index (χ0v) is 12.3. The molecule has 0 saturated heterocycles. The number of hydrogen-bond acceptors (Lipinski definition) is 6. The van der Waals surface area contributed by atoms with E-state index in [1.165, 1.54) is 6.07 Å². The summed E-state index contributed by atoms with van der Waals surface area (Å²) in [6.07, 6.45) is 0. The molecule has 0 fully saturated rings. The minimum atomic E-state index is -0.504. The Bertz CT molecular complexity index is 813. The lowest BCUT2D eigenvalue weighted by Gasteiger charge is -2.16. The van der Waals surface area contributed by atoms with Gasteiger partial charge in [-0.15, -0.1) is 0 Å². The number of rotatable bonds is 4. The molecule has 3 rings (SSSR count). The summed E-state index contributed by atoms with van der Waals surface area (Å²) in [6, 6.07) is 11.6. The highest BCUT2D eigenvalue weighted by Gasteiger charge is 2.19. The van der Waals surface area contributed by atoms with Gasteiger partial charge in [0.1, 0.15) is 5.69 Å². The number of anilines is 1. The number of nitrogens with zero attached hydrogens (tertiary/aromatic N) is 2. The Hall–Kier alpha value is -3.27. The summed E-state index contributed by atoms with van der Waals surface area (Å²) >= 11 is 0. The molecular formula is C16H13N3O4. The fraction of sp³-hybridized carbons (Fsp3) is 0.188. The normalized spacial score (nSPS) is 13.2. The average Bonchev–Trinajstić information content (AvgIpc) is 3.02. The summed E-state index contributed by atoms with van der Waals surface area (Å²) in [4.78, 5) is 10.7. The van der Waals surface area contributed by atoms with Crippen molar-refractivity contribution < 1.29 is 14.4 Å². The van der Waals surface area contributed by atoms with E-state index in [9.17, 15) is 10.1 Å². The molecule has 1 atom stereocenters. The van der Waals surface area contributed by atoms with Crippen LogP contribution in [0.1, 0.15) is 24.1 Å². The van der Waals surface area contributed by atoms with Gasteiger partial charge in [-0.25, -0.2) is 0 Å². The van der Waals surface area contributed by atoms with Crippen LogP contribution in [0.15, 0.2) is 36.4 Å². The third kappa shape index (κ3) is 2.87. The number of nitrogens with one attached hydrogen (secondary N) is 1. The Balaban J connectivity index is 1.87. The van der Waals surface area contributed by atoms with Crippen molar-refractivity contribution in [3.63, 3.8) is 0 Å². The molecule has 2 aromatic carbocycles. The van der Waals surface area contributed by atoms with Crippen molar-refractivity contribution in [3.8, 4) is 17.6 Å². The van der Waals surface area contributed by atoms with Crippen LogP contribution in [0.5, 0.6) is 11.5 Å². The molecule has 7 nitrogen and oxygen atoms in total. The smallest absolute Gasteiger partial charge is 0.293 e. The van der Waals surface area contributed by atoms with E-state index in [2.05, 4.69) is 5.32 Å². The maximum Gasteiger partial charge on any atom is 0.293 e. The first kappa shape index (κ1) is 14.7. The number of nitriles is 1. The van der Waals surface area contributed by atoms with Gasteiger partial charge in [0.25, 0.3) is 5.69 Å². The van der Waals surface area contributed by atoms with E-state index in [-0.39, 0.29) is 24.1 Å². The molecule has 116 valence electrons.